The summed E-state index contributed by atoms with van der Waals surface area (Å²) in [6.45, 7) is 10.1. The Hall–Kier alpha value is -4.33. The zero-order valence-corrected chi connectivity index (χ0v) is 29.7. The van der Waals surface area contributed by atoms with Crippen molar-refractivity contribution in [2.45, 2.75) is 50.2 Å². The van der Waals surface area contributed by atoms with E-state index in [4.69, 9.17) is 14.2 Å². The van der Waals surface area contributed by atoms with Crippen molar-refractivity contribution in [2.75, 3.05) is 52.5 Å². The first-order chi connectivity index (χ1) is 25.0. The molecule has 0 saturated carbocycles. The van der Waals surface area contributed by atoms with E-state index < -0.39 is 40.5 Å². The van der Waals surface area contributed by atoms with E-state index in [1.165, 1.54) is 12.1 Å². The lowest BCUT2D eigenvalue weighted by molar-refractivity contribution is -0.138. The third-order valence-electron chi connectivity index (χ3n) is 8.60. The highest BCUT2D eigenvalue weighted by molar-refractivity contribution is 5.29. The number of para-hydroxylation sites is 2. The van der Waals surface area contributed by atoms with Crippen molar-refractivity contribution in [3.63, 3.8) is 0 Å². The van der Waals surface area contributed by atoms with Crippen molar-refractivity contribution in [1.29, 1.82) is 0 Å². The molecule has 2 aliphatic heterocycles. The van der Waals surface area contributed by atoms with Gasteiger partial charge >= 0.3 is 12.4 Å². The topological polar surface area (TPSA) is 54.4 Å². The number of likely N-dealkylation sites (tertiary alicyclic amines) is 2. The van der Waals surface area contributed by atoms with Crippen LogP contribution < -0.4 is 14.2 Å². The zero-order chi connectivity index (χ0) is 38.5. The molecule has 2 unspecified atom stereocenters. The average Bonchev–Trinajstić information content (AvgIpc) is 3.66. The van der Waals surface area contributed by atoms with Crippen LogP contribution in [-0.4, -0.2) is 78.6 Å². The van der Waals surface area contributed by atoms with Crippen LogP contribution in [0.15, 0.2) is 109 Å². The molecular formula is C40H45F7N2O4. The molecule has 2 fully saturated rings. The number of rotatable bonds is 10. The Morgan fingerprint density at radius 3 is 1.45 bits per heavy atom. The number of ether oxygens (including phenoxy) is 3. The quantitative estimate of drug-likeness (QED) is 0.164. The van der Waals surface area contributed by atoms with Gasteiger partial charge in [-0.05, 0) is 93.1 Å². The maximum atomic E-state index is 12.6. The number of alkyl halides is 6. The predicted molar refractivity (Wildman–Crippen MR) is 188 cm³/mol. The van der Waals surface area contributed by atoms with Crippen molar-refractivity contribution in [2.24, 2.45) is 0 Å². The molecule has 13 heteroatoms. The lowest BCUT2D eigenvalue weighted by Gasteiger charge is -2.26. The van der Waals surface area contributed by atoms with Gasteiger partial charge in [0.2, 0.25) is 0 Å². The summed E-state index contributed by atoms with van der Waals surface area (Å²) >= 11 is 0. The van der Waals surface area contributed by atoms with E-state index in [1.54, 1.807) is 0 Å². The van der Waals surface area contributed by atoms with Gasteiger partial charge < -0.3 is 19.3 Å². The van der Waals surface area contributed by atoms with Crippen molar-refractivity contribution < 1.29 is 50.1 Å². The van der Waals surface area contributed by atoms with Gasteiger partial charge in [-0.15, -0.1) is 0 Å². The number of nitrogens with zero attached hydrogens (tertiary/aromatic N) is 2. The Morgan fingerprint density at radius 1 is 0.585 bits per heavy atom. The summed E-state index contributed by atoms with van der Waals surface area (Å²) in [5.41, 5.74) is -2.42. The molecule has 4 aromatic carbocycles. The minimum atomic E-state index is -4.38. The lowest BCUT2D eigenvalue weighted by Crippen LogP contribution is -2.37. The third-order valence-corrected chi connectivity index (χ3v) is 8.60. The molecule has 53 heavy (non-hydrogen) atoms. The molecule has 0 radical (unpaired) electrons. The Balaban J connectivity index is 0.000000197. The van der Waals surface area contributed by atoms with Gasteiger partial charge in [0.15, 0.2) is 0 Å². The zero-order valence-electron chi connectivity index (χ0n) is 29.7. The monoisotopic (exact) mass is 750 g/mol. The molecule has 0 amide bonds. The fourth-order valence-electron chi connectivity index (χ4n) is 5.78. The van der Waals surface area contributed by atoms with Crippen molar-refractivity contribution in [3.8, 4) is 17.2 Å². The van der Waals surface area contributed by atoms with E-state index >= 15 is 0 Å². The standard InChI is InChI=1S/C20H22F3NO2.C13H19NO2.C7H4F4/c1-19(26-18-9-7-16(8-10-18)20(21,22)23)11-12-24(15-19)13-14-25-17-5-3-2-4-6-17;1-13(15)7-8-14(11-13)9-10-16-12-5-3-2-4-6-12;8-6-3-1-5(2-4-6)7(9,10)11/h2-10H,11-15H2,1H3;2-6,15H,7-11H2,1H3;1-4H. The van der Waals surface area contributed by atoms with Gasteiger partial charge in [0.1, 0.15) is 41.9 Å². The lowest BCUT2D eigenvalue weighted by atomic mass is 10.1. The second kappa shape index (κ2) is 18.6. The molecule has 288 valence electrons. The van der Waals surface area contributed by atoms with Gasteiger partial charge in [0.05, 0.1) is 16.7 Å². The molecule has 6 rings (SSSR count). The fourth-order valence-corrected chi connectivity index (χ4v) is 5.78. The van der Waals surface area contributed by atoms with Crippen LogP contribution in [-0.2, 0) is 12.4 Å². The van der Waals surface area contributed by atoms with Crippen molar-refractivity contribution in [1.82, 2.24) is 9.80 Å². The minimum absolute atomic E-state index is 0.410. The fraction of sp³-hybridized carbons (Fsp3) is 0.400. The summed E-state index contributed by atoms with van der Waals surface area (Å²) in [7, 11) is 0. The first kappa shape index (κ1) is 41.4. The summed E-state index contributed by atoms with van der Waals surface area (Å²) in [5, 5.41) is 9.80. The molecule has 6 nitrogen and oxygen atoms in total. The molecule has 2 saturated heterocycles. The average molecular weight is 751 g/mol. The van der Waals surface area contributed by atoms with Crippen LogP contribution in [0.1, 0.15) is 37.8 Å². The highest BCUT2D eigenvalue weighted by Crippen LogP contribution is 2.33. The number of aliphatic hydroxyl groups is 1. The number of hydrogen-bond acceptors (Lipinski definition) is 6. The molecule has 4 aromatic rings. The highest BCUT2D eigenvalue weighted by Gasteiger charge is 2.36. The van der Waals surface area contributed by atoms with E-state index in [-0.39, 0.29) is 0 Å². The maximum Gasteiger partial charge on any atom is 0.416 e. The largest absolute Gasteiger partial charge is 0.492 e. The van der Waals surface area contributed by atoms with Crippen molar-refractivity contribution >= 4 is 0 Å². The number of β-amino-alcohol motifs (C(OH)–C–C–N with tert-alkyl or cyclic N) is 1. The Kier molecular flexibility index (Phi) is 14.6. The molecular weight excluding hydrogens is 705 g/mol. The van der Waals surface area contributed by atoms with Gasteiger partial charge in [-0.3, -0.25) is 9.80 Å². The maximum absolute atomic E-state index is 12.6. The molecule has 0 aliphatic carbocycles. The van der Waals surface area contributed by atoms with Gasteiger partial charge in [-0.2, -0.15) is 26.3 Å². The summed E-state index contributed by atoms with van der Waals surface area (Å²) < 4.78 is 103. The number of benzene rings is 4. The molecule has 2 atom stereocenters. The van der Waals surface area contributed by atoms with Crippen molar-refractivity contribution in [3.05, 3.63) is 126 Å². The van der Waals surface area contributed by atoms with Crippen LogP contribution in [0, 0.1) is 5.82 Å². The van der Waals surface area contributed by atoms with Crippen LogP contribution in [0.2, 0.25) is 0 Å². The first-order valence-corrected chi connectivity index (χ1v) is 17.2. The van der Waals surface area contributed by atoms with Gasteiger partial charge in [-0.1, -0.05) is 36.4 Å². The van der Waals surface area contributed by atoms with E-state index in [0.29, 0.717) is 37.6 Å². The van der Waals surface area contributed by atoms with E-state index in [0.717, 1.165) is 81.3 Å². The van der Waals surface area contributed by atoms with Crippen LogP contribution in [0.25, 0.3) is 0 Å². The highest BCUT2D eigenvalue weighted by atomic mass is 19.4. The molecule has 0 bridgehead atoms. The van der Waals surface area contributed by atoms with Gasteiger partial charge in [0.25, 0.3) is 0 Å². The summed E-state index contributed by atoms with van der Waals surface area (Å²) in [4.78, 5) is 4.48. The second-order valence-corrected chi connectivity index (χ2v) is 13.5. The van der Waals surface area contributed by atoms with Crippen LogP contribution in [0.5, 0.6) is 17.2 Å². The molecule has 2 aliphatic rings. The van der Waals surface area contributed by atoms with E-state index in [1.807, 2.05) is 74.5 Å². The number of hydrogen-bond donors (Lipinski definition) is 1. The normalized spacial score (nSPS) is 20.5. The van der Waals surface area contributed by atoms with E-state index in [9.17, 15) is 35.8 Å². The molecule has 0 spiro atoms. The summed E-state index contributed by atoms with van der Waals surface area (Å²) in [5.74, 6) is 1.55. The molecule has 0 aromatic heterocycles. The third kappa shape index (κ3) is 14.5. The Bertz CT molecular complexity index is 1640. The second-order valence-electron chi connectivity index (χ2n) is 13.5. The van der Waals surface area contributed by atoms with Crippen LogP contribution >= 0.6 is 0 Å². The minimum Gasteiger partial charge on any atom is -0.492 e. The van der Waals surface area contributed by atoms with Gasteiger partial charge in [-0.25, -0.2) is 4.39 Å². The number of halogens is 7. The van der Waals surface area contributed by atoms with Crippen LogP contribution in [0.4, 0.5) is 30.7 Å². The predicted octanol–water partition coefficient (Wildman–Crippen LogP) is 8.99. The SMILES string of the molecule is CC1(O)CCN(CCOc2ccccc2)C1.CC1(Oc2ccc(C(F)(F)F)cc2)CCN(CCOc2ccccc2)C1.Fc1ccc(C(F)(F)F)cc1. The smallest absolute Gasteiger partial charge is 0.416 e. The summed E-state index contributed by atoms with van der Waals surface area (Å²) in [6, 6.07) is 27.3. The Labute approximate surface area is 305 Å². The molecule has 1 N–H and O–H groups in total. The van der Waals surface area contributed by atoms with Gasteiger partial charge in [0, 0.05) is 45.7 Å². The first-order valence-electron chi connectivity index (χ1n) is 17.2. The Morgan fingerprint density at radius 2 is 1.02 bits per heavy atom. The molecule has 2 heterocycles. The summed E-state index contributed by atoms with van der Waals surface area (Å²) in [6.07, 6.45) is -7.03. The van der Waals surface area contributed by atoms with Crippen LogP contribution in [0.3, 0.4) is 0 Å². The van der Waals surface area contributed by atoms with E-state index in [2.05, 4.69) is 9.80 Å².